The van der Waals surface area contributed by atoms with Gasteiger partial charge in [-0.25, -0.2) is 4.98 Å². The van der Waals surface area contributed by atoms with Crippen LogP contribution in [0.2, 0.25) is 0 Å². The summed E-state index contributed by atoms with van der Waals surface area (Å²) in [5.41, 5.74) is 1.99. The first-order valence-corrected chi connectivity index (χ1v) is 12.4. The molecular weight excluding hydrogens is 428 g/mol. The Hall–Kier alpha value is -2.29. The standard InChI is InChI=1S/C23H26N4O2S2/c1-14-13-19(25-21(28)16-7-8-16)31-20(14)23(29)27-11-9-26(10-12-27)15(2)22-24-17-5-3-4-6-18(17)30-22/h3-6,13,15-16H,7-12H2,1-2H3,(H,25,28). The van der Waals surface area contributed by atoms with Gasteiger partial charge in [0.1, 0.15) is 5.01 Å². The SMILES string of the molecule is Cc1cc(NC(=O)C2CC2)sc1C(=O)N1CCN(C(C)c2nc3ccccc3s2)CC1. The minimum absolute atomic E-state index is 0.0710. The highest BCUT2D eigenvalue weighted by atomic mass is 32.1. The van der Waals surface area contributed by atoms with Crippen LogP contribution >= 0.6 is 22.7 Å². The van der Waals surface area contributed by atoms with Gasteiger partial charge in [-0.2, -0.15) is 0 Å². The number of aromatic nitrogens is 1. The summed E-state index contributed by atoms with van der Waals surface area (Å²) < 4.78 is 1.22. The van der Waals surface area contributed by atoms with Crippen molar-refractivity contribution >= 4 is 49.7 Å². The number of thiazole rings is 1. The molecule has 1 saturated heterocycles. The van der Waals surface area contributed by atoms with Crippen molar-refractivity contribution in [3.63, 3.8) is 0 Å². The van der Waals surface area contributed by atoms with E-state index in [1.165, 1.54) is 16.0 Å². The van der Waals surface area contributed by atoms with E-state index < -0.39 is 0 Å². The molecule has 1 N–H and O–H groups in total. The Labute approximate surface area is 189 Å². The molecule has 1 aliphatic heterocycles. The number of carbonyl (C=O) groups excluding carboxylic acids is 2. The van der Waals surface area contributed by atoms with Crippen LogP contribution in [-0.4, -0.2) is 52.8 Å². The van der Waals surface area contributed by atoms with Gasteiger partial charge in [0, 0.05) is 32.1 Å². The fourth-order valence-corrected chi connectivity index (χ4v) is 6.10. The number of para-hydroxylation sites is 1. The van der Waals surface area contributed by atoms with Gasteiger partial charge < -0.3 is 10.2 Å². The van der Waals surface area contributed by atoms with Gasteiger partial charge in [-0.05, 0) is 50.5 Å². The summed E-state index contributed by atoms with van der Waals surface area (Å²) in [7, 11) is 0. The van der Waals surface area contributed by atoms with E-state index >= 15 is 0 Å². The number of anilines is 1. The van der Waals surface area contributed by atoms with Gasteiger partial charge in [-0.1, -0.05) is 12.1 Å². The molecule has 1 aliphatic carbocycles. The first-order chi connectivity index (χ1) is 15.0. The zero-order chi connectivity index (χ0) is 21.5. The second kappa shape index (κ2) is 8.33. The minimum atomic E-state index is 0.0710. The summed E-state index contributed by atoms with van der Waals surface area (Å²) >= 11 is 3.15. The van der Waals surface area contributed by atoms with Gasteiger partial charge >= 0.3 is 0 Å². The first kappa shape index (κ1) is 20.6. The molecule has 1 aromatic carbocycles. The fourth-order valence-electron chi connectivity index (χ4n) is 4.01. The van der Waals surface area contributed by atoms with Crippen LogP contribution in [0.1, 0.15) is 46.0 Å². The maximum atomic E-state index is 13.1. The molecule has 0 radical (unpaired) electrons. The zero-order valence-electron chi connectivity index (χ0n) is 17.8. The Morgan fingerprint density at radius 1 is 1.13 bits per heavy atom. The average Bonchev–Trinajstić information content (AvgIpc) is 3.45. The summed E-state index contributed by atoms with van der Waals surface area (Å²) in [4.78, 5) is 35.0. The number of aryl methyl sites for hydroxylation is 1. The maximum absolute atomic E-state index is 13.1. The molecule has 3 aromatic rings. The molecule has 2 aliphatic rings. The van der Waals surface area contributed by atoms with Gasteiger partial charge in [-0.15, -0.1) is 22.7 Å². The summed E-state index contributed by atoms with van der Waals surface area (Å²) in [6.07, 6.45) is 1.95. The van der Waals surface area contributed by atoms with E-state index in [1.54, 1.807) is 11.3 Å². The van der Waals surface area contributed by atoms with Crippen LogP contribution < -0.4 is 5.32 Å². The lowest BCUT2D eigenvalue weighted by atomic mass is 10.2. The molecule has 6 nitrogen and oxygen atoms in total. The van der Waals surface area contributed by atoms with Crippen molar-refractivity contribution < 1.29 is 9.59 Å². The number of nitrogens with one attached hydrogen (secondary N) is 1. The highest BCUT2D eigenvalue weighted by Gasteiger charge is 2.31. The van der Waals surface area contributed by atoms with E-state index in [2.05, 4.69) is 35.3 Å². The molecule has 162 valence electrons. The molecule has 3 heterocycles. The number of hydrogen-bond acceptors (Lipinski definition) is 6. The number of nitrogens with zero attached hydrogens (tertiary/aromatic N) is 3. The number of fused-ring (bicyclic) bond motifs is 1. The predicted octanol–water partition coefficient (Wildman–Crippen LogP) is 4.53. The van der Waals surface area contributed by atoms with Crippen molar-refractivity contribution in [2.75, 3.05) is 31.5 Å². The van der Waals surface area contributed by atoms with E-state index in [0.717, 1.165) is 51.9 Å². The third kappa shape index (κ3) is 4.24. The van der Waals surface area contributed by atoms with Crippen molar-refractivity contribution in [3.8, 4) is 0 Å². The molecule has 0 bridgehead atoms. The maximum Gasteiger partial charge on any atom is 0.264 e. The van der Waals surface area contributed by atoms with Gasteiger partial charge in [0.25, 0.3) is 5.91 Å². The molecule has 31 heavy (non-hydrogen) atoms. The Balaban J connectivity index is 1.21. The van der Waals surface area contributed by atoms with Gasteiger partial charge in [0.2, 0.25) is 5.91 Å². The Morgan fingerprint density at radius 2 is 1.87 bits per heavy atom. The number of rotatable bonds is 5. The summed E-state index contributed by atoms with van der Waals surface area (Å²) in [6.45, 7) is 7.22. The topological polar surface area (TPSA) is 65.5 Å². The van der Waals surface area contributed by atoms with Crippen LogP contribution in [-0.2, 0) is 4.79 Å². The lowest BCUT2D eigenvalue weighted by Crippen LogP contribution is -2.49. The minimum Gasteiger partial charge on any atom is -0.335 e. The molecule has 5 rings (SSSR count). The summed E-state index contributed by atoms with van der Waals surface area (Å²) in [5, 5.41) is 4.88. The van der Waals surface area contributed by atoms with Crippen LogP contribution in [0.4, 0.5) is 5.00 Å². The molecule has 1 atom stereocenters. The van der Waals surface area contributed by atoms with Crippen molar-refractivity contribution in [1.82, 2.24) is 14.8 Å². The van der Waals surface area contributed by atoms with Crippen LogP contribution in [0.15, 0.2) is 30.3 Å². The molecular formula is C23H26N4O2S2. The zero-order valence-corrected chi connectivity index (χ0v) is 19.4. The van der Waals surface area contributed by atoms with Crippen molar-refractivity contribution in [1.29, 1.82) is 0 Å². The molecule has 2 amide bonds. The highest BCUT2D eigenvalue weighted by molar-refractivity contribution is 7.18. The van der Waals surface area contributed by atoms with Crippen LogP contribution in [0.5, 0.6) is 0 Å². The second-order valence-corrected chi connectivity index (χ2v) is 10.5. The highest BCUT2D eigenvalue weighted by Crippen LogP contribution is 2.34. The smallest absolute Gasteiger partial charge is 0.264 e. The quantitative estimate of drug-likeness (QED) is 0.615. The van der Waals surface area contributed by atoms with Crippen LogP contribution in [0.25, 0.3) is 10.2 Å². The normalized spacial score (nSPS) is 18.3. The number of thiophene rings is 1. The lowest BCUT2D eigenvalue weighted by molar-refractivity contribution is -0.117. The van der Waals surface area contributed by atoms with E-state index in [4.69, 9.17) is 4.98 Å². The fraction of sp³-hybridized carbons (Fsp3) is 0.435. The number of piperazine rings is 1. The number of hydrogen-bond donors (Lipinski definition) is 1. The second-order valence-electron chi connectivity index (χ2n) is 8.41. The number of amides is 2. The van der Waals surface area contributed by atoms with E-state index in [9.17, 15) is 9.59 Å². The Kier molecular flexibility index (Phi) is 5.54. The van der Waals surface area contributed by atoms with Crippen LogP contribution in [0, 0.1) is 12.8 Å². The molecule has 1 unspecified atom stereocenters. The van der Waals surface area contributed by atoms with E-state index in [0.29, 0.717) is 13.1 Å². The van der Waals surface area contributed by atoms with E-state index in [1.807, 2.05) is 24.0 Å². The molecule has 8 heteroatoms. The van der Waals surface area contributed by atoms with Gasteiger partial charge in [-0.3, -0.25) is 14.5 Å². The largest absolute Gasteiger partial charge is 0.335 e. The summed E-state index contributed by atoms with van der Waals surface area (Å²) in [6, 6.07) is 10.4. The monoisotopic (exact) mass is 454 g/mol. The predicted molar refractivity (Wildman–Crippen MR) is 126 cm³/mol. The van der Waals surface area contributed by atoms with Crippen molar-refractivity contribution in [2.24, 2.45) is 5.92 Å². The third-order valence-electron chi connectivity index (χ3n) is 6.12. The molecule has 2 fully saturated rings. The number of carbonyl (C=O) groups is 2. The van der Waals surface area contributed by atoms with Gasteiger partial charge in [0.05, 0.1) is 26.1 Å². The Bertz CT molecular complexity index is 1090. The molecule has 1 saturated carbocycles. The molecule has 0 spiro atoms. The summed E-state index contributed by atoms with van der Waals surface area (Å²) in [5.74, 6) is 0.312. The molecule has 2 aromatic heterocycles. The Morgan fingerprint density at radius 3 is 2.58 bits per heavy atom. The van der Waals surface area contributed by atoms with Gasteiger partial charge in [0.15, 0.2) is 0 Å². The van der Waals surface area contributed by atoms with Crippen molar-refractivity contribution in [2.45, 2.75) is 32.7 Å². The van der Waals surface area contributed by atoms with E-state index in [-0.39, 0.29) is 23.8 Å². The first-order valence-electron chi connectivity index (χ1n) is 10.8. The number of benzene rings is 1. The lowest BCUT2D eigenvalue weighted by Gasteiger charge is -2.37. The average molecular weight is 455 g/mol. The van der Waals surface area contributed by atoms with Crippen molar-refractivity contribution in [3.05, 3.63) is 45.8 Å². The van der Waals surface area contributed by atoms with Crippen LogP contribution in [0.3, 0.4) is 0 Å². The third-order valence-corrected chi connectivity index (χ3v) is 8.47.